The van der Waals surface area contributed by atoms with Gasteiger partial charge in [0.05, 0.1) is 26.2 Å². The summed E-state index contributed by atoms with van der Waals surface area (Å²) in [6, 6.07) is 22.2. The highest BCUT2D eigenvalue weighted by Crippen LogP contribution is 2.48. The molecule has 1 aliphatic carbocycles. The third-order valence-corrected chi connectivity index (χ3v) is 15.8. The lowest BCUT2D eigenvalue weighted by molar-refractivity contribution is -0.155. The van der Waals surface area contributed by atoms with Gasteiger partial charge in [-0.3, -0.25) is 10.1 Å². The van der Waals surface area contributed by atoms with Gasteiger partial charge in [-0.1, -0.05) is 76.2 Å². The maximum Gasteiger partial charge on any atom is 0.411 e. The molecule has 0 aromatic heterocycles. The van der Waals surface area contributed by atoms with E-state index in [0.717, 1.165) is 11.3 Å². The van der Waals surface area contributed by atoms with Gasteiger partial charge in [0.2, 0.25) is 0 Å². The van der Waals surface area contributed by atoms with Crippen LogP contribution < -0.4 is 10.1 Å². The quantitative estimate of drug-likeness (QED) is 0.177. The van der Waals surface area contributed by atoms with E-state index in [1.54, 1.807) is 0 Å². The Bertz CT molecular complexity index is 1540. The van der Waals surface area contributed by atoms with E-state index in [9.17, 15) is 9.59 Å². The van der Waals surface area contributed by atoms with E-state index in [0.29, 0.717) is 29.8 Å². The largest absolute Gasteiger partial charge is 0.487 e. The summed E-state index contributed by atoms with van der Waals surface area (Å²) in [6.45, 7) is 11.8. The molecule has 1 saturated heterocycles. The van der Waals surface area contributed by atoms with Crippen molar-refractivity contribution < 1.29 is 33.0 Å². The average Bonchev–Trinajstić information content (AvgIpc) is 3.57. The number of hydrogen-bond donors (Lipinski definition) is 1. The number of ether oxygens (including phenoxy) is 4. The van der Waals surface area contributed by atoms with E-state index in [2.05, 4.69) is 63.8 Å². The van der Waals surface area contributed by atoms with Crippen LogP contribution in [0, 0.1) is 0 Å². The van der Waals surface area contributed by atoms with Crippen LogP contribution in [0.25, 0.3) is 11.1 Å². The molecule has 46 heavy (non-hydrogen) atoms. The van der Waals surface area contributed by atoms with Crippen LogP contribution in [-0.2, 0) is 23.4 Å². The van der Waals surface area contributed by atoms with Crippen molar-refractivity contribution in [3.8, 4) is 16.9 Å². The van der Waals surface area contributed by atoms with Gasteiger partial charge in [-0.15, -0.1) is 0 Å². The van der Waals surface area contributed by atoms with Crippen molar-refractivity contribution >= 4 is 26.1 Å². The summed E-state index contributed by atoms with van der Waals surface area (Å²) in [5.74, 6) is 0.406. The van der Waals surface area contributed by atoms with Crippen LogP contribution in [0.1, 0.15) is 69.1 Å². The minimum atomic E-state index is -2.05. The Hall–Kier alpha value is -3.66. The molecule has 1 N–H and O–H groups in total. The zero-order valence-electron chi connectivity index (χ0n) is 27.6. The van der Waals surface area contributed by atoms with E-state index >= 15 is 0 Å². The second-order valence-corrected chi connectivity index (χ2v) is 18.5. The van der Waals surface area contributed by atoms with Crippen molar-refractivity contribution in [1.82, 2.24) is 0 Å². The minimum absolute atomic E-state index is 0.0169. The Labute approximate surface area is 272 Å². The Kier molecular flexibility index (Phi) is 9.28. The number of benzene rings is 3. The lowest BCUT2D eigenvalue weighted by Gasteiger charge is -2.41. The van der Waals surface area contributed by atoms with Crippen molar-refractivity contribution in [2.75, 3.05) is 25.6 Å². The first-order chi connectivity index (χ1) is 22.1. The fraction of sp³-hybridized carbons (Fsp3) is 0.459. The lowest BCUT2D eigenvalue weighted by Crippen LogP contribution is -2.51. The van der Waals surface area contributed by atoms with Crippen molar-refractivity contribution in [2.24, 2.45) is 0 Å². The zero-order valence-corrected chi connectivity index (χ0v) is 28.6. The molecule has 2 heterocycles. The van der Waals surface area contributed by atoms with Crippen LogP contribution in [0.2, 0.25) is 17.6 Å². The van der Waals surface area contributed by atoms with Crippen molar-refractivity contribution in [3.05, 3.63) is 83.4 Å². The molecule has 1 fully saturated rings. The summed E-state index contributed by atoms with van der Waals surface area (Å²) in [7, 11) is -0.651. The van der Waals surface area contributed by atoms with Crippen LogP contribution in [0.3, 0.4) is 0 Å². The molecule has 1 amide bonds. The monoisotopic (exact) mass is 643 g/mol. The molecule has 3 aromatic rings. The number of esters is 1. The molecular weight excluding hydrogens is 598 g/mol. The Morgan fingerprint density at radius 2 is 1.57 bits per heavy atom. The van der Waals surface area contributed by atoms with Gasteiger partial charge in [0, 0.05) is 23.1 Å². The standard InChI is InChI=1S/C37H45NO7Si/c1-22(2)46(6,23(3)4)43-21-34-36-31(18-25(44-34)19-35(39)41-5)30-17-24(15-16-33(30)45-36)38-37(40)42-20-32-28-13-9-7-11-26(28)27-12-8-10-14-29(27)32/h7-17,22-23,25,31-32,34,36H,18-21H2,1-6H3,(H,38,40). The molecule has 0 bridgehead atoms. The van der Waals surface area contributed by atoms with Gasteiger partial charge < -0.3 is 23.4 Å². The van der Waals surface area contributed by atoms with E-state index in [4.69, 9.17) is 23.4 Å². The Balaban J connectivity index is 1.16. The number of fused-ring (bicyclic) bond motifs is 6. The summed E-state index contributed by atoms with van der Waals surface area (Å²) < 4.78 is 30.4. The number of carbonyl (C=O) groups excluding carboxylic acids is 2. The molecule has 0 radical (unpaired) electrons. The Morgan fingerprint density at radius 1 is 0.913 bits per heavy atom. The molecule has 0 saturated carbocycles. The van der Waals surface area contributed by atoms with Gasteiger partial charge in [0.1, 0.15) is 24.6 Å². The minimum Gasteiger partial charge on any atom is -0.487 e. The number of rotatable bonds is 10. The summed E-state index contributed by atoms with van der Waals surface area (Å²) >= 11 is 0. The summed E-state index contributed by atoms with van der Waals surface area (Å²) in [5, 5.41) is 2.93. The van der Waals surface area contributed by atoms with Gasteiger partial charge in [0.25, 0.3) is 0 Å². The first-order valence-electron chi connectivity index (χ1n) is 16.4. The highest BCUT2D eigenvalue weighted by molar-refractivity contribution is 6.75. The number of anilines is 1. The SMILES string of the molecule is COC(=O)CC1CC2c3cc(NC(=O)OCC4c5ccccc5-c5ccccc54)ccc3OC2C(CO[Si](C)(C(C)C)C(C)C)O1. The van der Waals surface area contributed by atoms with Crippen LogP contribution in [0.15, 0.2) is 66.7 Å². The average molecular weight is 644 g/mol. The van der Waals surface area contributed by atoms with E-state index in [-0.39, 0.29) is 49.1 Å². The number of hydrogen-bond acceptors (Lipinski definition) is 7. The number of methoxy groups -OCH3 is 1. The van der Waals surface area contributed by atoms with Gasteiger partial charge in [0.15, 0.2) is 8.32 Å². The third kappa shape index (κ3) is 6.20. The second kappa shape index (κ2) is 13.2. The van der Waals surface area contributed by atoms with Crippen molar-refractivity contribution in [2.45, 2.75) is 88.3 Å². The second-order valence-electron chi connectivity index (χ2n) is 13.5. The molecule has 3 aliphatic rings. The predicted molar refractivity (Wildman–Crippen MR) is 180 cm³/mol. The van der Waals surface area contributed by atoms with E-state index in [1.807, 2.05) is 42.5 Å². The molecule has 4 unspecified atom stereocenters. The topological polar surface area (TPSA) is 92.3 Å². The van der Waals surface area contributed by atoms with E-state index in [1.165, 1.54) is 29.4 Å². The van der Waals surface area contributed by atoms with Crippen LogP contribution in [-0.4, -0.2) is 59.0 Å². The first-order valence-corrected chi connectivity index (χ1v) is 18.9. The molecule has 4 atom stereocenters. The lowest BCUT2D eigenvalue weighted by atomic mass is 9.84. The summed E-state index contributed by atoms with van der Waals surface area (Å²) in [4.78, 5) is 25.3. The molecule has 8 nitrogen and oxygen atoms in total. The van der Waals surface area contributed by atoms with Gasteiger partial charge in [-0.25, -0.2) is 4.79 Å². The zero-order chi connectivity index (χ0) is 32.6. The first kappa shape index (κ1) is 32.3. The van der Waals surface area contributed by atoms with E-state index < -0.39 is 14.4 Å². The maximum atomic E-state index is 13.1. The summed E-state index contributed by atoms with van der Waals surface area (Å²) in [6.07, 6.45) is -0.685. The Morgan fingerprint density at radius 3 is 2.20 bits per heavy atom. The highest BCUT2D eigenvalue weighted by atomic mass is 28.4. The molecule has 0 spiro atoms. The third-order valence-electron chi connectivity index (χ3n) is 10.4. The summed E-state index contributed by atoms with van der Waals surface area (Å²) in [5.41, 5.74) is 7.19. The predicted octanol–water partition coefficient (Wildman–Crippen LogP) is 8.02. The van der Waals surface area contributed by atoms with Gasteiger partial charge in [-0.2, -0.15) is 0 Å². The molecular formula is C37H45NO7Si. The molecule has 6 rings (SSSR count). The molecule has 3 aromatic carbocycles. The van der Waals surface area contributed by atoms with Crippen LogP contribution >= 0.6 is 0 Å². The van der Waals surface area contributed by atoms with Crippen molar-refractivity contribution in [3.63, 3.8) is 0 Å². The number of amides is 1. The number of carbonyl (C=O) groups is 2. The smallest absolute Gasteiger partial charge is 0.411 e. The normalized spacial score (nSPS) is 21.7. The van der Waals surface area contributed by atoms with Crippen molar-refractivity contribution in [1.29, 1.82) is 0 Å². The fourth-order valence-electron chi connectivity index (χ4n) is 7.24. The fourth-order valence-corrected chi connectivity index (χ4v) is 9.76. The van der Waals surface area contributed by atoms with Crippen LogP contribution in [0.4, 0.5) is 10.5 Å². The number of nitrogens with one attached hydrogen (secondary N) is 1. The van der Waals surface area contributed by atoms with Gasteiger partial charge in [-0.05, 0) is 64.5 Å². The van der Waals surface area contributed by atoms with Gasteiger partial charge >= 0.3 is 12.1 Å². The molecule has 244 valence electrons. The maximum absolute atomic E-state index is 13.1. The highest BCUT2D eigenvalue weighted by Gasteiger charge is 2.48. The molecule has 2 aliphatic heterocycles. The van der Waals surface area contributed by atoms with Crippen LogP contribution in [0.5, 0.6) is 5.75 Å². The molecule has 9 heteroatoms.